The van der Waals surface area contributed by atoms with Crippen LogP contribution >= 0.6 is 0 Å². The van der Waals surface area contributed by atoms with E-state index in [0.717, 1.165) is 18.7 Å². The lowest BCUT2D eigenvalue weighted by Crippen LogP contribution is -2.27. The molecule has 3 rings (SSSR count). The summed E-state index contributed by atoms with van der Waals surface area (Å²) in [7, 11) is -3.61. The van der Waals surface area contributed by atoms with Crippen molar-refractivity contribution in [2.24, 2.45) is 5.73 Å². The number of primary amides is 1. The molecular weight excluding hydrogens is 344 g/mol. The lowest BCUT2D eigenvalue weighted by atomic mass is 10.3. The second-order valence-electron chi connectivity index (χ2n) is 5.88. The number of carbonyl (C=O) groups excluding carboxylic acids is 1. The molecule has 3 N–H and O–H groups in total. The summed E-state index contributed by atoms with van der Waals surface area (Å²) >= 11 is 0. The number of hydrogen-bond acceptors (Lipinski definition) is 5. The third kappa shape index (κ3) is 4.58. The van der Waals surface area contributed by atoms with Gasteiger partial charge in [0.05, 0.1) is 4.90 Å². The van der Waals surface area contributed by atoms with Crippen LogP contribution in [0.1, 0.15) is 24.6 Å². The Morgan fingerprint density at radius 3 is 2.68 bits per heavy atom. The molecule has 1 amide bonds. The normalized spacial score (nSPS) is 14.4. The van der Waals surface area contributed by atoms with E-state index in [-0.39, 0.29) is 18.0 Å². The highest BCUT2D eigenvalue weighted by molar-refractivity contribution is 7.89. The number of hydrogen-bond donors (Lipinski definition) is 2. The first-order valence-electron chi connectivity index (χ1n) is 7.97. The third-order valence-electron chi connectivity index (χ3n) is 3.85. The standard InChI is InChI=1S/C16H20N4O4S/c17-15(21)11-24-13-3-5-14(6-4-13)25(22,23)19-8-10-20-9-7-18-16(20)12-1-2-12/h3-7,9,12,19H,1-2,8,10-11H2,(H2,17,21). The number of sulfonamides is 1. The number of rotatable bonds is 9. The molecular formula is C16H20N4O4S. The van der Waals surface area contributed by atoms with E-state index in [2.05, 4.69) is 9.71 Å². The van der Waals surface area contributed by atoms with Crippen LogP contribution in [-0.4, -0.2) is 37.0 Å². The van der Waals surface area contributed by atoms with E-state index in [9.17, 15) is 13.2 Å². The molecule has 8 nitrogen and oxygen atoms in total. The highest BCUT2D eigenvalue weighted by Crippen LogP contribution is 2.38. The van der Waals surface area contributed by atoms with E-state index >= 15 is 0 Å². The molecule has 2 aromatic rings. The van der Waals surface area contributed by atoms with Gasteiger partial charge in [-0.05, 0) is 37.1 Å². The summed E-state index contributed by atoms with van der Waals surface area (Å²) in [4.78, 5) is 15.1. The van der Waals surface area contributed by atoms with Gasteiger partial charge in [0.25, 0.3) is 5.91 Å². The molecule has 1 aromatic heterocycles. The van der Waals surface area contributed by atoms with Gasteiger partial charge in [-0.25, -0.2) is 18.1 Å². The van der Waals surface area contributed by atoms with Crippen LogP contribution in [0.5, 0.6) is 5.75 Å². The predicted molar refractivity (Wildman–Crippen MR) is 90.5 cm³/mol. The van der Waals surface area contributed by atoms with Gasteiger partial charge in [-0.15, -0.1) is 0 Å². The fourth-order valence-corrected chi connectivity index (χ4v) is 3.49. The topological polar surface area (TPSA) is 116 Å². The van der Waals surface area contributed by atoms with Crippen LogP contribution in [0.15, 0.2) is 41.6 Å². The lowest BCUT2D eigenvalue weighted by Gasteiger charge is -2.10. The van der Waals surface area contributed by atoms with Crippen molar-refractivity contribution >= 4 is 15.9 Å². The molecule has 0 radical (unpaired) electrons. The fraction of sp³-hybridized carbons (Fsp3) is 0.375. The van der Waals surface area contributed by atoms with Crippen molar-refractivity contribution in [1.29, 1.82) is 0 Å². The first-order valence-corrected chi connectivity index (χ1v) is 9.46. The van der Waals surface area contributed by atoms with Crippen LogP contribution in [-0.2, 0) is 21.4 Å². The Morgan fingerprint density at radius 1 is 1.32 bits per heavy atom. The summed E-state index contributed by atoms with van der Waals surface area (Å²) in [6.45, 7) is 0.557. The maximum Gasteiger partial charge on any atom is 0.255 e. The number of nitrogens with two attached hydrogens (primary N) is 1. The average molecular weight is 364 g/mol. The molecule has 0 unspecified atom stereocenters. The van der Waals surface area contributed by atoms with E-state index in [1.807, 2.05) is 10.8 Å². The Morgan fingerprint density at radius 2 is 2.04 bits per heavy atom. The number of benzene rings is 1. The van der Waals surface area contributed by atoms with Gasteiger partial charge in [0.15, 0.2) is 6.61 Å². The fourth-order valence-electron chi connectivity index (χ4n) is 2.46. The molecule has 0 saturated heterocycles. The van der Waals surface area contributed by atoms with Gasteiger partial charge < -0.3 is 15.0 Å². The number of carbonyl (C=O) groups is 1. The zero-order valence-electron chi connectivity index (χ0n) is 13.6. The molecule has 9 heteroatoms. The molecule has 1 fully saturated rings. The monoisotopic (exact) mass is 364 g/mol. The van der Waals surface area contributed by atoms with Crippen LogP contribution < -0.4 is 15.2 Å². The maximum atomic E-state index is 12.3. The summed E-state index contributed by atoms with van der Waals surface area (Å²) in [5.41, 5.74) is 4.99. The summed E-state index contributed by atoms with van der Waals surface area (Å²) in [5, 5.41) is 0. The molecule has 1 aromatic carbocycles. The van der Waals surface area contributed by atoms with Crippen molar-refractivity contribution in [1.82, 2.24) is 14.3 Å². The number of ether oxygens (including phenoxy) is 1. The van der Waals surface area contributed by atoms with E-state index < -0.39 is 15.9 Å². The summed E-state index contributed by atoms with van der Waals surface area (Å²) < 4.78 is 34.3. The first kappa shape index (κ1) is 17.4. The average Bonchev–Trinajstić information content (AvgIpc) is 3.32. The van der Waals surface area contributed by atoms with Gasteiger partial charge >= 0.3 is 0 Å². The van der Waals surface area contributed by atoms with Crippen molar-refractivity contribution in [3.05, 3.63) is 42.5 Å². The van der Waals surface area contributed by atoms with Crippen LogP contribution in [0.4, 0.5) is 0 Å². The lowest BCUT2D eigenvalue weighted by molar-refractivity contribution is -0.119. The van der Waals surface area contributed by atoms with Gasteiger partial charge in [-0.2, -0.15) is 0 Å². The molecule has 1 aliphatic carbocycles. The second kappa shape index (κ2) is 7.24. The summed E-state index contributed by atoms with van der Waals surface area (Å²) in [6, 6.07) is 5.81. The Hall–Kier alpha value is -2.39. The Bertz CT molecular complexity index is 841. The van der Waals surface area contributed by atoms with Crippen LogP contribution in [0, 0.1) is 0 Å². The highest BCUT2D eigenvalue weighted by atomic mass is 32.2. The molecule has 0 atom stereocenters. The Balaban J connectivity index is 1.56. The van der Waals surface area contributed by atoms with Crippen molar-refractivity contribution in [2.45, 2.75) is 30.2 Å². The molecule has 1 aliphatic rings. The van der Waals surface area contributed by atoms with Crippen LogP contribution in [0.3, 0.4) is 0 Å². The minimum absolute atomic E-state index is 0.131. The number of nitrogens with zero attached hydrogens (tertiary/aromatic N) is 2. The van der Waals surface area contributed by atoms with Gasteiger partial charge in [0, 0.05) is 31.4 Å². The molecule has 0 spiro atoms. The van der Waals surface area contributed by atoms with E-state index in [1.54, 1.807) is 6.20 Å². The quantitative estimate of drug-likeness (QED) is 0.676. The molecule has 25 heavy (non-hydrogen) atoms. The highest BCUT2D eigenvalue weighted by Gasteiger charge is 2.27. The third-order valence-corrected chi connectivity index (χ3v) is 5.33. The largest absolute Gasteiger partial charge is 0.484 e. The first-order chi connectivity index (χ1) is 12.0. The molecule has 1 heterocycles. The van der Waals surface area contributed by atoms with Crippen molar-refractivity contribution in [2.75, 3.05) is 13.2 Å². The minimum Gasteiger partial charge on any atom is -0.484 e. The number of imidazole rings is 1. The van der Waals surface area contributed by atoms with Crippen LogP contribution in [0.2, 0.25) is 0 Å². The van der Waals surface area contributed by atoms with Crippen LogP contribution in [0.25, 0.3) is 0 Å². The molecule has 0 aliphatic heterocycles. The number of aromatic nitrogens is 2. The SMILES string of the molecule is NC(=O)COc1ccc(S(=O)(=O)NCCn2ccnc2C2CC2)cc1. The summed E-state index contributed by atoms with van der Waals surface area (Å²) in [6.07, 6.45) is 5.90. The summed E-state index contributed by atoms with van der Waals surface area (Å²) in [5.74, 6) is 1.32. The Kier molecular flexibility index (Phi) is 5.05. The van der Waals surface area contributed by atoms with Crippen molar-refractivity contribution in [3.63, 3.8) is 0 Å². The van der Waals surface area contributed by atoms with Gasteiger partial charge in [0.1, 0.15) is 11.6 Å². The minimum atomic E-state index is -3.61. The van der Waals surface area contributed by atoms with E-state index in [0.29, 0.717) is 18.2 Å². The second-order valence-corrected chi connectivity index (χ2v) is 7.64. The predicted octanol–water partition coefficient (Wildman–Crippen LogP) is 0.603. The maximum absolute atomic E-state index is 12.3. The van der Waals surface area contributed by atoms with Crippen molar-refractivity contribution in [3.8, 4) is 5.75 Å². The molecule has 1 saturated carbocycles. The van der Waals surface area contributed by atoms with E-state index in [4.69, 9.17) is 10.5 Å². The smallest absolute Gasteiger partial charge is 0.255 e. The Labute approximate surface area is 146 Å². The molecule has 134 valence electrons. The number of nitrogens with one attached hydrogen (secondary N) is 1. The number of amides is 1. The van der Waals surface area contributed by atoms with E-state index in [1.165, 1.54) is 24.3 Å². The van der Waals surface area contributed by atoms with Crippen molar-refractivity contribution < 1.29 is 17.9 Å². The van der Waals surface area contributed by atoms with Gasteiger partial charge in [-0.1, -0.05) is 0 Å². The molecule has 0 bridgehead atoms. The zero-order chi connectivity index (χ0) is 17.9. The van der Waals surface area contributed by atoms with Gasteiger partial charge in [0.2, 0.25) is 10.0 Å². The zero-order valence-corrected chi connectivity index (χ0v) is 14.4. The van der Waals surface area contributed by atoms with Gasteiger partial charge in [-0.3, -0.25) is 4.79 Å².